The van der Waals surface area contributed by atoms with Crippen molar-refractivity contribution in [3.63, 3.8) is 0 Å². The highest BCUT2D eigenvalue weighted by Gasteiger charge is 2.88. The molecule has 0 amide bonds. The lowest BCUT2D eigenvalue weighted by molar-refractivity contribution is -0.727. The number of hydrogen-bond donors (Lipinski definition) is 0. The van der Waals surface area contributed by atoms with Gasteiger partial charge < -0.3 is 0 Å². The smallest absolute Gasteiger partial charge is 0.193 e. The summed E-state index contributed by atoms with van der Waals surface area (Å²) in [6.07, 6.45) is 9.47. The van der Waals surface area contributed by atoms with Crippen LogP contribution in [0.2, 0.25) is 0 Å². The average Bonchev–Trinajstić information content (AvgIpc) is 1.59. The summed E-state index contributed by atoms with van der Waals surface area (Å²) in [4.78, 5) is 0. The molecular formula is C81H66N2+2. The van der Waals surface area contributed by atoms with E-state index in [-0.39, 0.29) is 16.9 Å². The summed E-state index contributed by atoms with van der Waals surface area (Å²) >= 11 is 0. The fraction of sp³-hybridized carbons (Fsp3) is 0.136. The first-order chi connectivity index (χ1) is 40.9. The Hall–Kier alpha value is -9.50. The zero-order chi connectivity index (χ0) is 55.7. The number of nitrogens with zero attached hydrogens (tertiary/aromatic N) is 2. The van der Waals surface area contributed by atoms with Crippen molar-refractivity contribution in [1.29, 1.82) is 0 Å². The fourth-order valence-electron chi connectivity index (χ4n) is 14.9. The van der Waals surface area contributed by atoms with Gasteiger partial charge in [0.15, 0.2) is 18.4 Å². The van der Waals surface area contributed by atoms with Gasteiger partial charge in [-0.15, -0.1) is 0 Å². The van der Waals surface area contributed by atoms with E-state index in [2.05, 4.69) is 315 Å². The van der Waals surface area contributed by atoms with Crippen LogP contribution in [0.5, 0.6) is 0 Å². The lowest BCUT2D eigenvalue weighted by Gasteiger charge is -2.28. The quantitative estimate of drug-likeness (QED) is 0.102. The molecule has 2 aromatic heterocycles. The van der Waals surface area contributed by atoms with Gasteiger partial charge in [-0.25, -0.2) is 0 Å². The summed E-state index contributed by atoms with van der Waals surface area (Å²) in [7, 11) is 0. The van der Waals surface area contributed by atoms with Crippen LogP contribution in [0.1, 0.15) is 68.8 Å². The van der Waals surface area contributed by atoms with Crippen LogP contribution in [0.15, 0.2) is 285 Å². The Morgan fingerprint density at radius 3 is 1.29 bits per heavy atom. The summed E-state index contributed by atoms with van der Waals surface area (Å²) in [6.45, 7) is 7.31. The van der Waals surface area contributed by atoms with Crippen molar-refractivity contribution in [2.24, 2.45) is 5.41 Å². The maximum Gasteiger partial charge on any atom is 0.213 e. The van der Waals surface area contributed by atoms with Crippen LogP contribution in [0.3, 0.4) is 0 Å². The molecule has 2 nitrogen and oxygen atoms in total. The number of hydrogen-bond acceptors (Lipinski definition) is 0. The van der Waals surface area contributed by atoms with E-state index in [9.17, 15) is 0 Å². The van der Waals surface area contributed by atoms with E-state index < -0.39 is 0 Å². The molecule has 12 aromatic rings. The maximum absolute atomic E-state index is 2.71. The van der Waals surface area contributed by atoms with Crippen LogP contribution in [0, 0.1) is 5.41 Å². The molecule has 1 saturated carbocycles. The van der Waals surface area contributed by atoms with Crippen LogP contribution < -0.4 is 9.13 Å². The molecule has 2 heteroatoms. The van der Waals surface area contributed by atoms with Crippen LogP contribution in [0.25, 0.3) is 112 Å². The van der Waals surface area contributed by atoms with Crippen LogP contribution >= 0.6 is 0 Å². The first kappa shape index (κ1) is 50.5. The molecule has 4 heterocycles. The zero-order valence-corrected chi connectivity index (χ0v) is 47.5. The summed E-state index contributed by atoms with van der Waals surface area (Å²) < 4.78 is 5.35. The minimum Gasteiger partial charge on any atom is -0.193 e. The Balaban J connectivity index is 0.884. The normalized spacial score (nSPS) is 17.9. The molecule has 15 rings (SSSR count). The van der Waals surface area contributed by atoms with E-state index in [1.807, 2.05) is 0 Å². The van der Waals surface area contributed by atoms with Gasteiger partial charge in [0.05, 0.1) is 16.5 Å². The van der Waals surface area contributed by atoms with Gasteiger partial charge >= 0.3 is 0 Å². The predicted octanol–water partition coefficient (Wildman–Crippen LogP) is 20.1. The van der Waals surface area contributed by atoms with Crippen molar-refractivity contribution < 1.29 is 9.13 Å². The topological polar surface area (TPSA) is 7.76 Å². The number of benzene rings is 10. The third kappa shape index (κ3) is 8.45. The minimum absolute atomic E-state index is 0.0210. The van der Waals surface area contributed by atoms with E-state index in [4.69, 9.17) is 0 Å². The Bertz CT molecular complexity index is 4170. The van der Waals surface area contributed by atoms with Crippen molar-refractivity contribution >= 4 is 0 Å². The second kappa shape index (κ2) is 20.5. The highest BCUT2D eigenvalue weighted by atomic mass is 15.2. The van der Waals surface area contributed by atoms with E-state index in [0.717, 1.165) is 12.8 Å². The second-order valence-electron chi connectivity index (χ2n) is 23.7. The molecular weight excluding hydrogens is 1000 g/mol. The number of aryl methyl sites for hydroxylation is 1. The third-order valence-electron chi connectivity index (χ3n) is 19.1. The largest absolute Gasteiger partial charge is 0.213 e. The molecule has 0 bridgehead atoms. The number of unbranched alkanes of at least 4 members (excludes halogenated alkanes) is 1. The molecule has 2 aliphatic heterocycles. The monoisotopic (exact) mass is 1070 g/mol. The number of aromatic nitrogens is 2. The minimum atomic E-state index is -0.152. The van der Waals surface area contributed by atoms with Gasteiger partial charge in [-0.3, -0.25) is 0 Å². The summed E-state index contributed by atoms with van der Waals surface area (Å²) in [5.74, 6) is 0. The molecule has 3 aliphatic rings. The van der Waals surface area contributed by atoms with Gasteiger partial charge in [0, 0.05) is 29.3 Å². The van der Waals surface area contributed by atoms with Crippen molar-refractivity contribution in [3.05, 3.63) is 302 Å². The van der Waals surface area contributed by atoms with Crippen molar-refractivity contribution in [2.75, 3.05) is 0 Å². The molecule has 10 aromatic carbocycles. The van der Waals surface area contributed by atoms with E-state index in [0.29, 0.717) is 6.04 Å². The highest BCUT2D eigenvalue weighted by molar-refractivity contribution is 5.90. The molecule has 0 radical (unpaired) electrons. The van der Waals surface area contributed by atoms with Crippen LogP contribution in [0.4, 0.5) is 0 Å². The van der Waals surface area contributed by atoms with Gasteiger partial charge in [0.2, 0.25) is 17.4 Å². The number of pyridine rings is 2. The Labute approximate surface area is 489 Å². The zero-order valence-electron chi connectivity index (χ0n) is 47.5. The Morgan fingerprint density at radius 1 is 0.349 bits per heavy atom. The molecule has 1 fully saturated rings. The first-order valence-corrected chi connectivity index (χ1v) is 30.0. The number of fused-ring (bicyclic) bond motifs is 9. The predicted molar refractivity (Wildman–Crippen MR) is 343 cm³/mol. The SMILES string of the molecule is CCCCc1ccc2[n+](c1)C1C(C)(CC)C1(C1c3ccc(-c4cccc(-c5cc(-c6cc(-c7ccccc7)cc(-c7ccccc7)c6)cc(-c6cc(-c7ccccc7)cc(-c7ccccc7)c6)c5)c4)cc3-c3cccc[n+]31)c1ccccc1-2. The molecule has 0 spiro atoms. The average molecular weight is 1070 g/mol. The standard InChI is InChI=1S/C81H66N2/c1-4-6-24-55-38-41-77-73-35-19-20-36-75(73)81(79(83(77)54-55)80(81,3)5-2)78-72-40-39-62(53-74(72)76-37-21-22-42-82(76)78)60-33-23-34-61(43-60)67-50-70(68-46-63(56-25-11-7-12-26-56)44-64(47-68)57-27-13-8-14-28-57)52-71(51-67)69-48-65(58-29-15-9-16-30-58)45-66(49-69)59-31-17-10-18-32-59/h7-23,25-54,78-79H,4-6,24H2,1-3H3/q+2. The lowest BCUT2D eigenvalue weighted by Crippen LogP contribution is -2.51. The third-order valence-corrected chi connectivity index (χ3v) is 19.1. The number of rotatable bonds is 13. The second-order valence-corrected chi connectivity index (χ2v) is 23.7. The molecule has 4 unspecified atom stereocenters. The van der Waals surface area contributed by atoms with E-state index in [1.54, 1.807) is 0 Å². The van der Waals surface area contributed by atoms with Crippen molar-refractivity contribution in [1.82, 2.24) is 0 Å². The van der Waals surface area contributed by atoms with Gasteiger partial charge in [-0.2, -0.15) is 9.13 Å². The van der Waals surface area contributed by atoms with Gasteiger partial charge in [0.1, 0.15) is 5.41 Å². The molecule has 83 heavy (non-hydrogen) atoms. The maximum atomic E-state index is 2.71. The van der Waals surface area contributed by atoms with Gasteiger partial charge in [-0.1, -0.05) is 197 Å². The summed E-state index contributed by atoms with van der Waals surface area (Å²) in [6, 6.07) is 103. The molecule has 0 N–H and O–H groups in total. The fourth-order valence-corrected chi connectivity index (χ4v) is 14.9. The molecule has 398 valence electrons. The summed E-state index contributed by atoms with van der Waals surface area (Å²) in [5, 5.41) is 0. The Kier molecular flexibility index (Phi) is 12.5. The van der Waals surface area contributed by atoms with Gasteiger partial charge in [-0.05, 0) is 199 Å². The molecule has 4 atom stereocenters. The van der Waals surface area contributed by atoms with Crippen LogP contribution in [-0.2, 0) is 11.8 Å². The molecule has 0 saturated heterocycles. The van der Waals surface area contributed by atoms with E-state index >= 15 is 0 Å². The van der Waals surface area contributed by atoms with Gasteiger partial charge in [0.25, 0.3) is 0 Å². The van der Waals surface area contributed by atoms with Crippen molar-refractivity contribution in [3.8, 4) is 112 Å². The highest BCUT2D eigenvalue weighted by Crippen LogP contribution is 2.79. The molecule has 1 aliphatic carbocycles. The lowest BCUT2D eigenvalue weighted by atomic mass is 9.74. The first-order valence-electron chi connectivity index (χ1n) is 30.0. The summed E-state index contributed by atoms with van der Waals surface area (Å²) in [5.41, 5.74) is 28.5. The van der Waals surface area contributed by atoms with Crippen LogP contribution in [-0.4, -0.2) is 0 Å². The Morgan fingerprint density at radius 2 is 0.771 bits per heavy atom. The van der Waals surface area contributed by atoms with Crippen molar-refractivity contribution in [2.45, 2.75) is 64.0 Å². The van der Waals surface area contributed by atoms with E-state index in [1.165, 1.54) is 141 Å².